The molecule has 4 heteroatoms. The average molecular weight is 291 g/mol. The van der Waals surface area contributed by atoms with Gasteiger partial charge in [0.15, 0.2) is 0 Å². The third-order valence-electron chi connectivity index (χ3n) is 3.51. The minimum atomic E-state index is -0.463. The molecule has 21 heavy (non-hydrogen) atoms. The van der Waals surface area contributed by atoms with Crippen LogP contribution in [-0.4, -0.2) is 10.0 Å². The van der Waals surface area contributed by atoms with E-state index in [1.807, 2.05) is 6.08 Å². The number of nitrogens with zero attached hydrogens (tertiary/aromatic N) is 1. The van der Waals surface area contributed by atoms with Crippen molar-refractivity contribution in [2.24, 2.45) is 0 Å². The highest BCUT2D eigenvalue weighted by Gasteiger charge is 2.12. The van der Waals surface area contributed by atoms with Gasteiger partial charge >= 0.3 is 0 Å². The van der Waals surface area contributed by atoms with Gasteiger partial charge in [-0.2, -0.15) is 0 Å². The Morgan fingerprint density at radius 1 is 1.19 bits per heavy atom. The predicted octanol–water partition coefficient (Wildman–Crippen LogP) is 4.85. The highest BCUT2D eigenvalue weighted by atomic mass is 16.6. The first-order chi connectivity index (χ1) is 10.2. The Kier molecular flexibility index (Phi) is 8.36. The molecule has 116 valence electrons. The molecule has 1 rings (SSSR count). The SMILES string of the molecule is CCCCCCCC/C=C/c1ccc([N+](=O)[O-])c(CO)c1. The second kappa shape index (κ2) is 10.1. The third-order valence-corrected chi connectivity index (χ3v) is 3.51. The molecule has 0 atom stereocenters. The van der Waals surface area contributed by atoms with Gasteiger partial charge in [0.05, 0.1) is 17.1 Å². The first-order valence-corrected chi connectivity index (χ1v) is 7.73. The van der Waals surface area contributed by atoms with E-state index in [1.165, 1.54) is 44.6 Å². The fourth-order valence-corrected chi connectivity index (χ4v) is 2.28. The first-order valence-electron chi connectivity index (χ1n) is 7.73. The molecule has 0 aliphatic carbocycles. The number of nitro groups is 1. The lowest BCUT2D eigenvalue weighted by molar-refractivity contribution is -0.385. The van der Waals surface area contributed by atoms with Gasteiger partial charge in [0.2, 0.25) is 0 Å². The second-order valence-corrected chi connectivity index (χ2v) is 5.26. The van der Waals surface area contributed by atoms with Crippen molar-refractivity contribution in [1.82, 2.24) is 0 Å². The normalized spacial score (nSPS) is 11.1. The van der Waals surface area contributed by atoms with Gasteiger partial charge in [0.1, 0.15) is 0 Å². The van der Waals surface area contributed by atoms with Crippen LogP contribution in [0.25, 0.3) is 6.08 Å². The molecule has 0 spiro atoms. The fourth-order valence-electron chi connectivity index (χ4n) is 2.28. The molecule has 1 N–H and O–H groups in total. The van der Waals surface area contributed by atoms with Crippen LogP contribution in [-0.2, 0) is 6.61 Å². The number of unbranched alkanes of at least 4 members (excludes halogenated alkanes) is 6. The predicted molar refractivity (Wildman–Crippen MR) is 86.0 cm³/mol. The molecule has 0 radical (unpaired) electrons. The van der Waals surface area contributed by atoms with E-state index < -0.39 is 4.92 Å². The number of nitro benzene ring substituents is 1. The lowest BCUT2D eigenvalue weighted by Gasteiger charge is -2.01. The van der Waals surface area contributed by atoms with Crippen molar-refractivity contribution < 1.29 is 10.0 Å². The van der Waals surface area contributed by atoms with Gasteiger partial charge < -0.3 is 5.11 Å². The van der Waals surface area contributed by atoms with E-state index in [4.69, 9.17) is 0 Å². The quantitative estimate of drug-likeness (QED) is 0.381. The summed E-state index contributed by atoms with van der Waals surface area (Å²) < 4.78 is 0. The molecule has 0 aliphatic heterocycles. The summed E-state index contributed by atoms with van der Waals surface area (Å²) in [6.07, 6.45) is 12.7. The maximum atomic E-state index is 10.8. The van der Waals surface area contributed by atoms with Crippen LogP contribution in [0.3, 0.4) is 0 Å². The summed E-state index contributed by atoms with van der Waals surface area (Å²) in [7, 11) is 0. The molecule has 0 saturated heterocycles. The number of allylic oxidation sites excluding steroid dienone is 1. The van der Waals surface area contributed by atoms with Gasteiger partial charge in [-0.05, 0) is 30.5 Å². The zero-order chi connectivity index (χ0) is 15.5. The van der Waals surface area contributed by atoms with E-state index in [-0.39, 0.29) is 12.3 Å². The van der Waals surface area contributed by atoms with E-state index in [0.717, 1.165) is 12.0 Å². The Bertz CT molecular complexity index is 469. The number of aliphatic hydroxyl groups is 1. The maximum absolute atomic E-state index is 10.8. The van der Waals surface area contributed by atoms with E-state index in [2.05, 4.69) is 13.0 Å². The molecule has 0 bridgehead atoms. The van der Waals surface area contributed by atoms with Crippen LogP contribution in [0, 0.1) is 10.1 Å². The Labute approximate surface area is 126 Å². The van der Waals surface area contributed by atoms with Crippen LogP contribution in [0.4, 0.5) is 5.69 Å². The van der Waals surface area contributed by atoms with Crippen molar-refractivity contribution in [3.8, 4) is 0 Å². The summed E-state index contributed by atoms with van der Waals surface area (Å²) in [5.41, 5.74) is 1.24. The monoisotopic (exact) mass is 291 g/mol. The van der Waals surface area contributed by atoms with Gasteiger partial charge in [0, 0.05) is 6.07 Å². The van der Waals surface area contributed by atoms with Crippen molar-refractivity contribution in [1.29, 1.82) is 0 Å². The van der Waals surface area contributed by atoms with Gasteiger partial charge in [0.25, 0.3) is 5.69 Å². The van der Waals surface area contributed by atoms with Crippen molar-refractivity contribution >= 4 is 11.8 Å². The zero-order valence-corrected chi connectivity index (χ0v) is 12.8. The smallest absolute Gasteiger partial charge is 0.274 e. The molecule has 0 aliphatic rings. The van der Waals surface area contributed by atoms with E-state index >= 15 is 0 Å². The molecule has 0 aromatic heterocycles. The van der Waals surface area contributed by atoms with Crippen molar-refractivity contribution in [3.05, 3.63) is 45.5 Å². The Balaban J connectivity index is 2.41. The molecule has 0 fully saturated rings. The number of aliphatic hydroxyl groups excluding tert-OH is 1. The van der Waals surface area contributed by atoms with Crippen LogP contribution < -0.4 is 0 Å². The Morgan fingerprint density at radius 3 is 2.57 bits per heavy atom. The van der Waals surface area contributed by atoms with Crippen molar-refractivity contribution in [2.75, 3.05) is 0 Å². The van der Waals surface area contributed by atoms with E-state index in [1.54, 1.807) is 12.1 Å². The van der Waals surface area contributed by atoms with Gasteiger partial charge in [-0.3, -0.25) is 10.1 Å². The Morgan fingerprint density at radius 2 is 1.90 bits per heavy atom. The second-order valence-electron chi connectivity index (χ2n) is 5.26. The van der Waals surface area contributed by atoms with Crippen LogP contribution in [0.2, 0.25) is 0 Å². The van der Waals surface area contributed by atoms with Gasteiger partial charge in [-0.25, -0.2) is 0 Å². The molecular formula is C17H25NO3. The molecular weight excluding hydrogens is 266 g/mol. The summed E-state index contributed by atoms with van der Waals surface area (Å²) >= 11 is 0. The number of hydrogen-bond acceptors (Lipinski definition) is 3. The van der Waals surface area contributed by atoms with Crippen molar-refractivity contribution in [3.63, 3.8) is 0 Å². The molecule has 0 heterocycles. The first kappa shape index (κ1) is 17.4. The minimum Gasteiger partial charge on any atom is -0.391 e. The summed E-state index contributed by atoms with van der Waals surface area (Å²) in [6.45, 7) is 1.91. The number of hydrogen-bond donors (Lipinski definition) is 1. The van der Waals surface area contributed by atoms with E-state index in [0.29, 0.717) is 5.56 Å². The highest BCUT2D eigenvalue weighted by molar-refractivity contribution is 5.55. The van der Waals surface area contributed by atoms with Crippen molar-refractivity contribution in [2.45, 2.75) is 58.5 Å². The van der Waals surface area contributed by atoms with Gasteiger partial charge in [-0.15, -0.1) is 0 Å². The minimum absolute atomic E-state index is 0.0226. The summed E-state index contributed by atoms with van der Waals surface area (Å²) in [5.74, 6) is 0. The number of benzene rings is 1. The van der Waals surface area contributed by atoms with Crippen LogP contribution in [0.15, 0.2) is 24.3 Å². The van der Waals surface area contributed by atoms with E-state index in [9.17, 15) is 15.2 Å². The maximum Gasteiger partial charge on any atom is 0.274 e. The lowest BCUT2D eigenvalue weighted by atomic mass is 10.1. The molecule has 0 saturated carbocycles. The molecule has 1 aromatic rings. The summed E-state index contributed by atoms with van der Waals surface area (Å²) in [5, 5.41) is 20.0. The Hall–Kier alpha value is -1.68. The van der Waals surface area contributed by atoms with Gasteiger partial charge in [-0.1, -0.05) is 51.2 Å². The molecule has 0 amide bonds. The zero-order valence-electron chi connectivity index (χ0n) is 12.8. The standard InChI is InChI=1S/C17H25NO3/c1-2-3-4-5-6-7-8-9-10-15-11-12-17(18(20)21)16(13-15)14-19/h9-13,19H,2-8,14H2,1H3/b10-9+. The van der Waals surface area contributed by atoms with Crippen LogP contribution >= 0.6 is 0 Å². The average Bonchev–Trinajstić information content (AvgIpc) is 2.49. The van der Waals surface area contributed by atoms with Crippen LogP contribution in [0.1, 0.15) is 63.0 Å². The third kappa shape index (κ3) is 6.54. The van der Waals surface area contributed by atoms with Crippen LogP contribution in [0.5, 0.6) is 0 Å². The topological polar surface area (TPSA) is 63.4 Å². The fraction of sp³-hybridized carbons (Fsp3) is 0.529. The largest absolute Gasteiger partial charge is 0.391 e. The summed E-state index contributed by atoms with van der Waals surface area (Å²) in [6, 6.07) is 4.85. The summed E-state index contributed by atoms with van der Waals surface area (Å²) in [4.78, 5) is 10.3. The molecule has 1 aromatic carbocycles. The lowest BCUT2D eigenvalue weighted by Crippen LogP contribution is -1.95. The number of rotatable bonds is 10. The molecule has 4 nitrogen and oxygen atoms in total. The highest BCUT2D eigenvalue weighted by Crippen LogP contribution is 2.21. The molecule has 0 unspecified atom stereocenters.